The van der Waals surface area contributed by atoms with Gasteiger partial charge in [-0.25, -0.2) is 4.79 Å². The van der Waals surface area contributed by atoms with Gasteiger partial charge in [-0.3, -0.25) is 0 Å². The lowest BCUT2D eigenvalue weighted by atomic mass is 10.0. The maximum atomic E-state index is 10.0. The zero-order valence-electron chi connectivity index (χ0n) is 4.01. The average molecular weight is 99.9 g/mol. The van der Waals surface area contributed by atoms with E-state index in [1.54, 1.807) is 7.85 Å². The van der Waals surface area contributed by atoms with Gasteiger partial charge in [-0.1, -0.05) is 0 Å². The summed E-state index contributed by atoms with van der Waals surface area (Å²) in [5.41, 5.74) is 0. The molecule has 0 aromatic rings. The molecule has 0 N–H and O–H groups in total. The minimum Gasteiger partial charge on any atom is -0.437 e. The van der Waals surface area contributed by atoms with E-state index in [1.165, 1.54) is 0 Å². The lowest BCUT2D eigenvalue weighted by molar-refractivity contribution is 0.128. The highest BCUT2D eigenvalue weighted by Gasteiger charge is 2.19. The zero-order chi connectivity index (χ0) is 5.28. The summed E-state index contributed by atoms with van der Waals surface area (Å²) in [6.45, 7) is 0.402. The van der Waals surface area contributed by atoms with Crippen molar-refractivity contribution in [2.24, 2.45) is 0 Å². The van der Waals surface area contributed by atoms with E-state index in [0.717, 1.165) is 0 Å². The van der Waals surface area contributed by atoms with Gasteiger partial charge >= 0.3 is 6.16 Å². The number of carbonyl (C=O) groups is 1. The van der Waals surface area contributed by atoms with Gasteiger partial charge in [0.1, 0.15) is 12.6 Å². The van der Waals surface area contributed by atoms with Crippen LogP contribution in [0.4, 0.5) is 4.79 Å². The van der Waals surface area contributed by atoms with Crippen molar-refractivity contribution in [1.29, 1.82) is 0 Å². The molecule has 1 fully saturated rings. The first-order chi connectivity index (χ1) is 3.29. The van der Waals surface area contributed by atoms with Gasteiger partial charge in [0.15, 0.2) is 7.85 Å². The first-order valence-corrected chi connectivity index (χ1v) is 2.12. The van der Waals surface area contributed by atoms with Gasteiger partial charge in [0.25, 0.3) is 0 Å². The third-order valence-electron chi connectivity index (χ3n) is 0.733. The molecule has 1 aliphatic rings. The van der Waals surface area contributed by atoms with Crippen LogP contribution in [0.15, 0.2) is 0 Å². The van der Waals surface area contributed by atoms with Crippen LogP contribution in [0.2, 0.25) is 0 Å². The summed E-state index contributed by atoms with van der Waals surface area (Å²) in [5.74, 6) is 0. The highest BCUT2D eigenvalue weighted by atomic mass is 16.8. The van der Waals surface area contributed by atoms with E-state index < -0.39 is 6.16 Å². The van der Waals surface area contributed by atoms with Crippen LogP contribution in [-0.2, 0) is 9.47 Å². The highest BCUT2D eigenvalue weighted by Crippen LogP contribution is 2.00. The molecule has 0 aliphatic carbocycles. The highest BCUT2D eigenvalue weighted by molar-refractivity contribution is 6.12. The summed E-state index contributed by atoms with van der Waals surface area (Å²) < 4.78 is 8.90. The van der Waals surface area contributed by atoms with Gasteiger partial charge < -0.3 is 9.47 Å². The first-order valence-electron chi connectivity index (χ1n) is 2.12. The summed E-state index contributed by atoms with van der Waals surface area (Å²) in [5, 5.41) is 0. The van der Waals surface area contributed by atoms with E-state index in [1.807, 2.05) is 0 Å². The second kappa shape index (κ2) is 1.44. The number of hydrogen-bond donors (Lipinski definition) is 0. The van der Waals surface area contributed by atoms with E-state index in [4.69, 9.17) is 0 Å². The standard InChI is InChI=1S/C3H5BO3/c4-2-1-6-3(5)7-2/h2H,1,4H2. The molecule has 0 saturated carbocycles. The predicted octanol–water partition coefficient (Wildman–Crippen LogP) is -0.888. The smallest absolute Gasteiger partial charge is 0.437 e. The Bertz CT molecular complexity index is 92.2. The van der Waals surface area contributed by atoms with Crippen LogP contribution in [0.3, 0.4) is 0 Å². The van der Waals surface area contributed by atoms with E-state index in [0.29, 0.717) is 6.61 Å². The molecule has 1 aliphatic heterocycles. The normalized spacial score (nSPS) is 29.1. The molecule has 0 aromatic heterocycles. The Balaban J connectivity index is 2.40. The molecule has 1 saturated heterocycles. The van der Waals surface area contributed by atoms with E-state index in [9.17, 15) is 4.79 Å². The van der Waals surface area contributed by atoms with E-state index in [2.05, 4.69) is 9.47 Å². The summed E-state index contributed by atoms with van der Waals surface area (Å²) in [6.07, 6.45) is -0.549. The first kappa shape index (κ1) is 4.49. The maximum absolute atomic E-state index is 10.0. The topological polar surface area (TPSA) is 35.5 Å². The second-order valence-electron chi connectivity index (χ2n) is 1.49. The van der Waals surface area contributed by atoms with Crippen LogP contribution in [0, 0.1) is 0 Å². The Kier molecular flexibility index (Phi) is 0.926. The third-order valence-corrected chi connectivity index (χ3v) is 0.733. The third kappa shape index (κ3) is 0.854. The summed E-state index contributed by atoms with van der Waals surface area (Å²) in [7, 11) is 1.78. The van der Waals surface area contributed by atoms with Crippen LogP contribution in [0.1, 0.15) is 0 Å². The van der Waals surface area contributed by atoms with Gasteiger partial charge in [-0.15, -0.1) is 0 Å². The molecule has 38 valence electrons. The molecule has 1 rings (SSSR count). The van der Waals surface area contributed by atoms with Crippen molar-refractivity contribution >= 4 is 14.0 Å². The van der Waals surface area contributed by atoms with Crippen molar-refractivity contribution in [2.75, 3.05) is 6.61 Å². The van der Waals surface area contributed by atoms with Crippen molar-refractivity contribution in [1.82, 2.24) is 0 Å². The van der Waals surface area contributed by atoms with Crippen LogP contribution in [0.25, 0.3) is 0 Å². The lowest BCUT2D eigenvalue weighted by Gasteiger charge is -1.89. The molecule has 0 amide bonds. The van der Waals surface area contributed by atoms with E-state index in [-0.39, 0.29) is 6.00 Å². The van der Waals surface area contributed by atoms with Crippen molar-refractivity contribution in [2.45, 2.75) is 6.00 Å². The van der Waals surface area contributed by atoms with Crippen molar-refractivity contribution < 1.29 is 14.3 Å². The van der Waals surface area contributed by atoms with Crippen molar-refractivity contribution in [3.8, 4) is 0 Å². The minimum atomic E-state index is -0.549. The average Bonchev–Trinajstić information content (AvgIpc) is 1.87. The molecule has 1 unspecified atom stereocenters. The van der Waals surface area contributed by atoms with E-state index >= 15 is 0 Å². The Morgan fingerprint density at radius 3 is 2.71 bits per heavy atom. The summed E-state index contributed by atoms with van der Waals surface area (Å²) in [6, 6.07) is -0.0486. The molecular formula is C3H5BO3. The van der Waals surface area contributed by atoms with Crippen molar-refractivity contribution in [3.05, 3.63) is 0 Å². The number of rotatable bonds is 0. The molecule has 1 heterocycles. The fraction of sp³-hybridized carbons (Fsp3) is 0.667. The van der Waals surface area contributed by atoms with Crippen molar-refractivity contribution in [3.63, 3.8) is 0 Å². The number of carbonyl (C=O) groups excluding carboxylic acids is 1. The molecule has 0 bridgehead atoms. The minimum absolute atomic E-state index is 0.0486. The molecule has 0 radical (unpaired) electrons. The van der Waals surface area contributed by atoms with Gasteiger partial charge in [-0.05, 0) is 0 Å². The Labute approximate surface area is 42.0 Å². The molecule has 1 atom stereocenters. The molecule has 0 aromatic carbocycles. The fourth-order valence-electron chi connectivity index (χ4n) is 0.418. The van der Waals surface area contributed by atoms with Gasteiger partial charge in [0.2, 0.25) is 0 Å². The van der Waals surface area contributed by atoms with Gasteiger partial charge in [-0.2, -0.15) is 0 Å². The lowest BCUT2D eigenvalue weighted by Crippen LogP contribution is -2.07. The van der Waals surface area contributed by atoms with Crippen LogP contribution < -0.4 is 0 Å². The van der Waals surface area contributed by atoms with Gasteiger partial charge in [0.05, 0.1) is 0 Å². The van der Waals surface area contributed by atoms with Gasteiger partial charge in [0, 0.05) is 0 Å². The number of ether oxygens (including phenoxy) is 2. The van der Waals surface area contributed by atoms with Crippen LogP contribution in [0.5, 0.6) is 0 Å². The monoisotopic (exact) mass is 100 g/mol. The number of hydrogen-bond acceptors (Lipinski definition) is 3. The van der Waals surface area contributed by atoms with Crippen LogP contribution >= 0.6 is 0 Å². The molecule has 0 spiro atoms. The summed E-state index contributed by atoms with van der Waals surface area (Å²) in [4.78, 5) is 10.0. The molecular weight excluding hydrogens is 94.8 g/mol. The fourth-order valence-corrected chi connectivity index (χ4v) is 0.418. The Morgan fingerprint density at radius 1 is 1.86 bits per heavy atom. The zero-order valence-corrected chi connectivity index (χ0v) is 4.01. The Hall–Kier alpha value is -0.665. The second-order valence-corrected chi connectivity index (χ2v) is 1.49. The van der Waals surface area contributed by atoms with Crippen LogP contribution in [-0.4, -0.2) is 26.6 Å². The Morgan fingerprint density at radius 2 is 2.57 bits per heavy atom. The maximum Gasteiger partial charge on any atom is 0.507 e. The SMILES string of the molecule is BC1COC(=O)O1. The molecule has 4 heteroatoms. The number of cyclic esters (lactones) is 2. The molecule has 7 heavy (non-hydrogen) atoms. The summed E-state index contributed by atoms with van der Waals surface area (Å²) >= 11 is 0. The largest absolute Gasteiger partial charge is 0.507 e. The molecule has 3 nitrogen and oxygen atoms in total. The predicted molar refractivity (Wildman–Crippen MR) is 24.8 cm³/mol. The quantitative estimate of drug-likeness (QED) is 0.292.